The van der Waals surface area contributed by atoms with Gasteiger partial charge in [-0.15, -0.1) is 0 Å². The number of hydrogen-bond donors (Lipinski definition) is 6. The van der Waals surface area contributed by atoms with E-state index in [9.17, 15) is 30.3 Å². The lowest BCUT2D eigenvalue weighted by atomic mass is 9.99. The number of aliphatic hydroxyl groups excluding tert-OH is 5. The van der Waals surface area contributed by atoms with Crippen molar-refractivity contribution < 1.29 is 39.8 Å². The molecule has 76 heavy (non-hydrogen) atoms. The van der Waals surface area contributed by atoms with Gasteiger partial charge in [-0.05, 0) is 57.8 Å². The molecule has 0 aromatic carbocycles. The van der Waals surface area contributed by atoms with Crippen LogP contribution in [0, 0.1) is 0 Å². The van der Waals surface area contributed by atoms with Gasteiger partial charge in [-0.1, -0.05) is 300 Å². The zero-order valence-corrected chi connectivity index (χ0v) is 49.8. The minimum absolute atomic E-state index is 0.181. The van der Waals surface area contributed by atoms with Gasteiger partial charge in [0.15, 0.2) is 6.29 Å². The van der Waals surface area contributed by atoms with Crippen LogP contribution in [-0.2, 0) is 14.3 Å². The van der Waals surface area contributed by atoms with Gasteiger partial charge in [0.1, 0.15) is 24.4 Å². The second-order valence-corrected chi connectivity index (χ2v) is 22.9. The Labute approximate surface area is 469 Å². The van der Waals surface area contributed by atoms with Gasteiger partial charge in [-0.3, -0.25) is 4.79 Å². The number of unbranched alkanes of at least 4 members (excludes halogenated alkanes) is 41. The van der Waals surface area contributed by atoms with E-state index in [2.05, 4.69) is 55.6 Å². The molecule has 1 aliphatic rings. The fourth-order valence-corrected chi connectivity index (χ4v) is 10.5. The summed E-state index contributed by atoms with van der Waals surface area (Å²) in [6.07, 6.45) is 69.1. The topological polar surface area (TPSA) is 149 Å². The molecule has 0 aliphatic carbocycles. The number of carbonyl (C=O) groups excluding carboxylic acids is 1. The number of rotatable bonds is 57. The fourth-order valence-electron chi connectivity index (χ4n) is 10.5. The fraction of sp³-hybridized carbons (Fsp3) is 0.866. The van der Waals surface area contributed by atoms with Crippen LogP contribution in [0.2, 0.25) is 0 Å². The van der Waals surface area contributed by atoms with E-state index in [0.717, 1.165) is 64.2 Å². The monoisotopic (exact) mass is 1070 g/mol. The van der Waals surface area contributed by atoms with Crippen molar-refractivity contribution in [3.05, 3.63) is 48.6 Å². The smallest absolute Gasteiger partial charge is 0.220 e. The summed E-state index contributed by atoms with van der Waals surface area (Å²) < 4.78 is 11.3. The van der Waals surface area contributed by atoms with Crippen LogP contribution in [0.3, 0.4) is 0 Å². The van der Waals surface area contributed by atoms with Crippen molar-refractivity contribution in [1.82, 2.24) is 5.32 Å². The number of allylic oxidation sites excluding steroid dienone is 7. The van der Waals surface area contributed by atoms with E-state index in [1.165, 1.54) is 231 Å². The summed E-state index contributed by atoms with van der Waals surface area (Å²) in [4.78, 5) is 13.1. The Morgan fingerprint density at radius 3 is 1.14 bits per heavy atom. The number of ether oxygens (including phenoxy) is 2. The predicted octanol–water partition coefficient (Wildman–Crippen LogP) is 17.2. The molecular formula is C67H125NO8. The molecule has 0 saturated carbocycles. The first kappa shape index (κ1) is 72.2. The zero-order chi connectivity index (χ0) is 55.0. The molecule has 0 spiro atoms. The molecule has 1 saturated heterocycles. The van der Waals surface area contributed by atoms with Gasteiger partial charge >= 0.3 is 0 Å². The Morgan fingerprint density at radius 1 is 0.447 bits per heavy atom. The lowest BCUT2D eigenvalue weighted by molar-refractivity contribution is -0.302. The Bertz CT molecular complexity index is 1340. The maximum Gasteiger partial charge on any atom is 0.220 e. The van der Waals surface area contributed by atoms with Gasteiger partial charge in [0.05, 0.1) is 25.4 Å². The van der Waals surface area contributed by atoms with Crippen LogP contribution in [0.25, 0.3) is 0 Å². The summed E-state index contributed by atoms with van der Waals surface area (Å²) >= 11 is 0. The summed E-state index contributed by atoms with van der Waals surface area (Å²) in [6.45, 7) is 3.80. The van der Waals surface area contributed by atoms with Crippen LogP contribution in [-0.4, -0.2) is 87.5 Å². The van der Waals surface area contributed by atoms with Crippen molar-refractivity contribution in [1.29, 1.82) is 0 Å². The van der Waals surface area contributed by atoms with Gasteiger partial charge in [-0.25, -0.2) is 0 Å². The molecule has 0 bridgehead atoms. The maximum atomic E-state index is 13.1. The molecule has 6 N–H and O–H groups in total. The molecule has 7 atom stereocenters. The number of amides is 1. The first-order valence-corrected chi connectivity index (χ1v) is 32.9. The molecule has 0 aromatic rings. The lowest BCUT2D eigenvalue weighted by Crippen LogP contribution is -2.60. The van der Waals surface area contributed by atoms with Crippen LogP contribution in [0.1, 0.15) is 316 Å². The van der Waals surface area contributed by atoms with Crippen LogP contribution >= 0.6 is 0 Å². The largest absolute Gasteiger partial charge is 0.394 e. The average Bonchev–Trinajstić information content (AvgIpc) is 3.42. The summed E-state index contributed by atoms with van der Waals surface area (Å²) in [5.41, 5.74) is 0. The molecule has 1 heterocycles. The summed E-state index contributed by atoms with van der Waals surface area (Å²) in [5, 5.41) is 54.7. The van der Waals surface area contributed by atoms with Crippen LogP contribution in [0.15, 0.2) is 48.6 Å². The number of hydrogen-bond acceptors (Lipinski definition) is 8. The molecule has 9 nitrogen and oxygen atoms in total. The minimum atomic E-state index is -1.57. The molecule has 0 radical (unpaired) electrons. The Balaban J connectivity index is 2.17. The molecular weight excluding hydrogens is 947 g/mol. The maximum absolute atomic E-state index is 13.1. The van der Waals surface area contributed by atoms with Crippen molar-refractivity contribution in [2.45, 2.75) is 358 Å². The molecule has 1 aliphatic heterocycles. The number of aliphatic hydroxyl groups is 5. The van der Waals surface area contributed by atoms with Crippen molar-refractivity contribution in [2.24, 2.45) is 0 Å². The van der Waals surface area contributed by atoms with Crippen molar-refractivity contribution in [3.63, 3.8) is 0 Å². The molecule has 1 amide bonds. The Morgan fingerprint density at radius 2 is 0.776 bits per heavy atom. The third-order valence-corrected chi connectivity index (χ3v) is 15.6. The van der Waals surface area contributed by atoms with E-state index in [-0.39, 0.29) is 12.5 Å². The van der Waals surface area contributed by atoms with Crippen LogP contribution in [0.5, 0.6) is 0 Å². The molecule has 9 heteroatoms. The Kier molecular flexibility index (Phi) is 53.6. The quantitative estimate of drug-likeness (QED) is 0.0261. The van der Waals surface area contributed by atoms with Gasteiger partial charge in [0.2, 0.25) is 5.91 Å². The number of nitrogens with one attached hydrogen (secondary N) is 1. The molecule has 7 unspecified atom stereocenters. The number of carbonyl (C=O) groups is 1. The van der Waals surface area contributed by atoms with Crippen LogP contribution in [0.4, 0.5) is 0 Å². The second-order valence-electron chi connectivity index (χ2n) is 22.9. The van der Waals surface area contributed by atoms with Gasteiger partial charge in [-0.2, -0.15) is 0 Å². The third kappa shape index (κ3) is 44.9. The van der Waals surface area contributed by atoms with Crippen molar-refractivity contribution in [2.75, 3.05) is 13.2 Å². The summed E-state index contributed by atoms with van der Waals surface area (Å²) in [6, 6.07) is -0.812. The molecule has 1 fully saturated rings. The lowest BCUT2D eigenvalue weighted by Gasteiger charge is -2.40. The predicted molar refractivity (Wildman–Crippen MR) is 323 cm³/mol. The third-order valence-electron chi connectivity index (χ3n) is 15.6. The SMILES string of the molecule is CCCCCCC/C=C\C/C=C\C/C=C\CCCCCCCCCCC(=O)NC(COC1OC(CO)C(O)C(O)C1O)C(O)/C=C/CCCCCCCCCCCCCCCCCCCCCCCCCCCCCC. The zero-order valence-electron chi connectivity index (χ0n) is 49.8. The molecule has 1 rings (SSSR count). The highest BCUT2D eigenvalue weighted by molar-refractivity contribution is 5.76. The van der Waals surface area contributed by atoms with Gasteiger partial charge in [0.25, 0.3) is 0 Å². The highest BCUT2D eigenvalue weighted by Crippen LogP contribution is 2.23. The first-order valence-electron chi connectivity index (χ1n) is 32.9. The first-order chi connectivity index (χ1) is 37.3. The molecule has 0 aromatic heterocycles. The van der Waals surface area contributed by atoms with E-state index in [1.54, 1.807) is 6.08 Å². The van der Waals surface area contributed by atoms with Crippen molar-refractivity contribution in [3.8, 4) is 0 Å². The van der Waals surface area contributed by atoms with Gasteiger partial charge < -0.3 is 40.3 Å². The van der Waals surface area contributed by atoms with E-state index >= 15 is 0 Å². The summed E-state index contributed by atoms with van der Waals surface area (Å²) in [5.74, 6) is -0.181. The second kappa shape index (κ2) is 56.4. The molecule has 446 valence electrons. The minimum Gasteiger partial charge on any atom is -0.394 e. The van der Waals surface area contributed by atoms with E-state index in [4.69, 9.17) is 9.47 Å². The van der Waals surface area contributed by atoms with E-state index in [0.29, 0.717) is 6.42 Å². The van der Waals surface area contributed by atoms with E-state index < -0.39 is 49.5 Å². The summed E-state index contributed by atoms with van der Waals surface area (Å²) in [7, 11) is 0. The van der Waals surface area contributed by atoms with Gasteiger partial charge in [0, 0.05) is 6.42 Å². The van der Waals surface area contributed by atoms with Crippen molar-refractivity contribution >= 4 is 5.91 Å². The highest BCUT2D eigenvalue weighted by atomic mass is 16.7. The average molecular weight is 1070 g/mol. The van der Waals surface area contributed by atoms with E-state index in [1.807, 2.05) is 6.08 Å². The standard InChI is InChI=1S/C67H125NO8/c1-3-5-7-9-11-13-15-17-19-21-23-25-27-28-29-30-31-32-33-35-36-38-40-42-44-46-48-50-52-54-56-61(70)60(59-75-67-66(74)65(73)64(72)62(58-69)76-67)68-63(71)57-55-53-51-49-47-45-43-41-39-37-34-26-24-22-20-18-16-14-12-10-8-6-4-2/h16,18,22,24,34,37,54,56,60-62,64-67,69-70,72-74H,3-15,17,19-21,23,25-33,35-36,38-53,55,57-59H2,1-2H3,(H,68,71)/b18-16-,24-22-,37-34-,56-54+. The highest BCUT2D eigenvalue weighted by Gasteiger charge is 2.44. The normalized spacial score (nSPS) is 19.1. The Hall–Kier alpha value is -1.85. The van der Waals surface area contributed by atoms with Crippen LogP contribution < -0.4 is 5.32 Å².